The average molecular weight is 300 g/mol. The van der Waals surface area contributed by atoms with Gasteiger partial charge in [-0.15, -0.1) is 0 Å². The third-order valence-electron chi connectivity index (χ3n) is 3.78. The van der Waals surface area contributed by atoms with Gasteiger partial charge in [0, 0.05) is 13.6 Å². The Morgan fingerprint density at radius 2 is 1.91 bits per heavy atom. The first kappa shape index (κ1) is 16.0. The number of nitrogens with zero attached hydrogens (tertiary/aromatic N) is 1. The SMILES string of the molecule is Cc1cccc(CNC(=O)N(C)C(C)c2ccc(F)cc2)c1. The molecule has 2 amide bonds. The highest BCUT2D eigenvalue weighted by Gasteiger charge is 2.17. The fourth-order valence-electron chi connectivity index (χ4n) is 2.27. The lowest BCUT2D eigenvalue weighted by Gasteiger charge is -2.25. The highest BCUT2D eigenvalue weighted by molar-refractivity contribution is 5.74. The van der Waals surface area contributed by atoms with E-state index in [-0.39, 0.29) is 17.9 Å². The van der Waals surface area contributed by atoms with Crippen LogP contribution in [0.15, 0.2) is 48.5 Å². The molecule has 0 saturated heterocycles. The maximum absolute atomic E-state index is 13.0. The number of carbonyl (C=O) groups is 1. The van der Waals surface area contributed by atoms with E-state index in [9.17, 15) is 9.18 Å². The molecule has 1 atom stereocenters. The van der Waals surface area contributed by atoms with Gasteiger partial charge in [0.2, 0.25) is 0 Å². The van der Waals surface area contributed by atoms with Gasteiger partial charge in [-0.25, -0.2) is 9.18 Å². The molecule has 1 unspecified atom stereocenters. The van der Waals surface area contributed by atoms with E-state index in [0.29, 0.717) is 6.54 Å². The fraction of sp³-hybridized carbons (Fsp3) is 0.278. The maximum Gasteiger partial charge on any atom is 0.317 e. The predicted octanol–water partition coefficient (Wildman–Crippen LogP) is 4.04. The van der Waals surface area contributed by atoms with Crippen LogP contribution in [0.25, 0.3) is 0 Å². The molecule has 22 heavy (non-hydrogen) atoms. The highest BCUT2D eigenvalue weighted by atomic mass is 19.1. The van der Waals surface area contributed by atoms with Gasteiger partial charge >= 0.3 is 6.03 Å². The highest BCUT2D eigenvalue weighted by Crippen LogP contribution is 2.19. The summed E-state index contributed by atoms with van der Waals surface area (Å²) in [5.41, 5.74) is 3.13. The van der Waals surface area contributed by atoms with Crippen LogP contribution in [0.1, 0.15) is 29.7 Å². The third-order valence-corrected chi connectivity index (χ3v) is 3.78. The van der Waals surface area contributed by atoms with E-state index in [1.165, 1.54) is 17.7 Å². The van der Waals surface area contributed by atoms with E-state index in [0.717, 1.165) is 11.1 Å². The van der Waals surface area contributed by atoms with Crippen molar-refractivity contribution >= 4 is 6.03 Å². The smallest absolute Gasteiger partial charge is 0.317 e. The van der Waals surface area contributed by atoms with Crippen LogP contribution in [0.3, 0.4) is 0 Å². The molecule has 0 aliphatic heterocycles. The molecular weight excluding hydrogens is 279 g/mol. The standard InChI is InChI=1S/C18H21FN2O/c1-13-5-4-6-15(11-13)12-20-18(22)21(3)14(2)16-7-9-17(19)10-8-16/h4-11,14H,12H2,1-3H3,(H,20,22). The molecule has 0 fully saturated rings. The van der Waals surface area contributed by atoms with Crippen LogP contribution in [0, 0.1) is 12.7 Å². The van der Waals surface area contributed by atoms with Gasteiger partial charge in [-0.1, -0.05) is 42.0 Å². The summed E-state index contributed by atoms with van der Waals surface area (Å²) in [5, 5.41) is 2.90. The molecule has 0 aromatic heterocycles. The Morgan fingerprint density at radius 3 is 2.55 bits per heavy atom. The van der Waals surface area contributed by atoms with Gasteiger partial charge in [0.15, 0.2) is 0 Å². The summed E-state index contributed by atoms with van der Waals surface area (Å²) in [6.07, 6.45) is 0. The summed E-state index contributed by atoms with van der Waals surface area (Å²) in [6.45, 7) is 4.43. The second kappa shape index (κ2) is 7.07. The minimum Gasteiger partial charge on any atom is -0.334 e. The molecule has 116 valence electrons. The topological polar surface area (TPSA) is 32.3 Å². The largest absolute Gasteiger partial charge is 0.334 e. The molecular formula is C18H21FN2O. The minimum absolute atomic E-state index is 0.127. The predicted molar refractivity (Wildman–Crippen MR) is 86.0 cm³/mol. The lowest BCUT2D eigenvalue weighted by molar-refractivity contribution is 0.194. The van der Waals surface area contributed by atoms with Crippen molar-refractivity contribution in [3.8, 4) is 0 Å². The first-order valence-electron chi connectivity index (χ1n) is 7.29. The van der Waals surface area contributed by atoms with E-state index in [4.69, 9.17) is 0 Å². The Labute approximate surface area is 130 Å². The number of hydrogen-bond acceptors (Lipinski definition) is 1. The second-order valence-corrected chi connectivity index (χ2v) is 5.49. The minimum atomic E-state index is -0.275. The number of benzene rings is 2. The van der Waals surface area contributed by atoms with Gasteiger partial charge in [0.25, 0.3) is 0 Å². The third kappa shape index (κ3) is 4.07. The van der Waals surface area contributed by atoms with Gasteiger partial charge in [-0.2, -0.15) is 0 Å². The summed E-state index contributed by atoms with van der Waals surface area (Å²) in [4.78, 5) is 13.8. The van der Waals surface area contributed by atoms with Crippen LogP contribution >= 0.6 is 0 Å². The van der Waals surface area contributed by atoms with Gasteiger partial charge < -0.3 is 10.2 Å². The van der Waals surface area contributed by atoms with Crippen LogP contribution in [0.2, 0.25) is 0 Å². The summed E-state index contributed by atoms with van der Waals surface area (Å²) in [7, 11) is 1.74. The summed E-state index contributed by atoms with van der Waals surface area (Å²) in [5.74, 6) is -0.275. The van der Waals surface area contributed by atoms with Crippen molar-refractivity contribution in [2.45, 2.75) is 26.4 Å². The van der Waals surface area contributed by atoms with Crippen LogP contribution in [0.5, 0.6) is 0 Å². The number of urea groups is 1. The number of aryl methyl sites for hydroxylation is 1. The van der Waals surface area contributed by atoms with Gasteiger partial charge in [-0.05, 0) is 37.1 Å². The van der Waals surface area contributed by atoms with Crippen molar-refractivity contribution in [3.05, 3.63) is 71.0 Å². The van der Waals surface area contributed by atoms with Crippen LogP contribution in [-0.4, -0.2) is 18.0 Å². The number of amides is 2. The Kier molecular flexibility index (Phi) is 5.15. The van der Waals surface area contributed by atoms with Gasteiger partial charge in [0.05, 0.1) is 6.04 Å². The first-order chi connectivity index (χ1) is 10.5. The Balaban J connectivity index is 1.95. The number of carbonyl (C=O) groups excluding carboxylic acids is 1. The normalized spacial score (nSPS) is 11.8. The van der Waals surface area contributed by atoms with Crippen molar-refractivity contribution < 1.29 is 9.18 Å². The van der Waals surface area contributed by atoms with E-state index in [1.807, 2.05) is 38.1 Å². The molecule has 0 heterocycles. The van der Waals surface area contributed by atoms with Crippen LogP contribution < -0.4 is 5.32 Å². The molecule has 0 aliphatic rings. The van der Waals surface area contributed by atoms with Crippen molar-refractivity contribution in [3.63, 3.8) is 0 Å². The van der Waals surface area contributed by atoms with Crippen molar-refractivity contribution in [1.82, 2.24) is 10.2 Å². The zero-order valence-electron chi connectivity index (χ0n) is 13.1. The Hall–Kier alpha value is -2.36. The average Bonchev–Trinajstić information content (AvgIpc) is 2.52. The molecule has 0 saturated carbocycles. The quantitative estimate of drug-likeness (QED) is 0.908. The molecule has 2 aromatic carbocycles. The molecule has 4 heteroatoms. The number of halogens is 1. The zero-order chi connectivity index (χ0) is 16.1. The Morgan fingerprint density at radius 1 is 1.23 bits per heavy atom. The number of hydrogen-bond donors (Lipinski definition) is 1. The van der Waals surface area contributed by atoms with Crippen LogP contribution in [-0.2, 0) is 6.54 Å². The maximum atomic E-state index is 13.0. The monoisotopic (exact) mass is 300 g/mol. The first-order valence-corrected chi connectivity index (χ1v) is 7.29. The molecule has 0 radical (unpaired) electrons. The molecule has 0 bridgehead atoms. The lowest BCUT2D eigenvalue weighted by atomic mass is 10.1. The van der Waals surface area contributed by atoms with Crippen LogP contribution in [0.4, 0.5) is 9.18 Å². The van der Waals surface area contributed by atoms with Gasteiger partial charge in [0.1, 0.15) is 5.82 Å². The molecule has 3 nitrogen and oxygen atoms in total. The molecule has 2 aromatic rings. The van der Waals surface area contributed by atoms with Crippen molar-refractivity contribution in [1.29, 1.82) is 0 Å². The second-order valence-electron chi connectivity index (χ2n) is 5.49. The summed E-state index contributed by atoms with van der Waals surface area (Å²) in [6, 6.07) is 14.0. The molecule has 1 N–H and O–H groups in total. The van der Waals surface area contributed by atoms with E-state index < -0.39 is 0 Å². The molecule has 0 spiro atoms. The molecule has 0 aliphatic carbocycles. The fourth-order valence-corrected chi connectivity index (χ4v) is 2.27. The van der Waals surface area contributed by atoms with E-state index in [2.05, 4.69) is 5.32 Å². The van der Waals surface area contributed by atoms with Crippen molar-refractivity contribution in [2.24, 2.45) is 0 Å². The number of nitrogens with one attached hydrogen (secondary N) is 1. The van der Waals surface area contributed by atoms with Crippen molar-refractivity contribution in [2.75, 3.05) is 7.05 Å². The lowest BCUT2D eigenvalue weighted by Crippen LogP contribution is -2.38. The Bertz CT molecular complexity index is 640. The van der Waals surface area contributed by atoms with E-state index in [1.54, 1.807) is 24.1 Å². The summed E-state index contributed by atoms with van der Waals surface area (Å²) < 4.78 is 13.0. The molecule has 2 rings (SSSR count). The summed E-state index contributed by atoms with van der Waals surface area (Å²) >= 11 is 0. The zero-order valence-corrected chi connectivity index (χ0v) is 13.1. The van der Waals surface area contributed by atoms with Gasteiger partial charge in [-0.3, -0.25) is 0 Å². The number of rotatable bonds is 4. The van der Waals surface area contributed by atoms with E-state index >= 15 is 0 Å².